The number of carbonyl (C=O) groups excluding carboxylic acids is 2. The monoisotopic (exact) mass is 387 g/mol. The zero-order valence-electron chi connectivity index (χ0n) is 16.3. The Morgan fingerprint density at radius 1 is 1.07 bits per heavy atom. The van der Waals surface area contributed by atoms with Crippen LogP contribution >= 0.6 is 0 Å². The van der Waals surface area contributed by atoms with E-state index >= 15 is 0 Å². The number of pyridine rings is 1. The number of fused-ring (bicyclic) bond motifs is 1. The number of nitrogens with zero attached hydrogens (tertiary/aromatic N) is 2. The Labute approximate surface area is 169 Å². The highest BCUT2D eigenvalue weighted by molar-refractivity contribution is 6.10. The lowest BCUT2D eigenvalue weighted by Crippen LogP contribution is -2.29. The molecule has 1 aromatic heterocycles. The summed E-state index contributed by atoms with van der Waals surface area (Å²) in [7, 11) is 1.55. The fourth-order valence-electron chi connectivity index (χ4n) is 3.50. The van der Waals surface area contributed by atoms with E-state index in [0.717, 1.165) is 23.2 Å². The van der Waals surface area contributed by atoms with Crippen LogP contribution in [0.5, 0.6) is 5.75 Å². The molecule has 1 aliphatic heterocycles. The van der Waals surface area contributed by atoms with Crippen molar-refractivity contribution < 1.29 is 14.3 Å². The number of methoxy groups -OCH3 is 1. The van der Waals surface area contributed by atoms with Crippen LogP contribution in [0.25, 0.3) is 0 Å². The van der Waals surface area contributed by atoms with Gasteiger partial charge in [-0.05, 0) is 48.7 Å². The molecule has 3 aromatic rings. The number of carbonyl (C=O) groups is 2. The van der Waals surface area contributed by atoms with Gasteiger partial charge < -0.3 is 15.0 Å². The van der Waals surface area contributed by atoms with Crippen LogP contribution in [0.15, 0.2) is 60.9 Å². The largest absolute Gasteiger partial charge is 0.495 e. The van der Waals surface area contributed by atoms with Crippen LogP contribution in [0.1, 0.15) is 31.8 Å². The first-order valence-electron chi connectivity index (χ1n) is 9.37. The van der Waals surface area contributed by atoms with Crippen molar-refractivity contribution in [3.05, 3.63) is 83.2 Å². The minimum Gasteiger partial charge on any atom is -0.495 e. The van der Waals surface area contributed by atoms with E-state index in [1.165, 1.54) is 12.4 Å². The molecule has 0 fully saturated rings. The third kappa shape index (κ3) is 3.69. The Bertz CT molecular complexity index is 1090. The number of hydrogen-bond donors (Lipinski definition) is 1. The molecule has 0 spiro atoms. The highest BCUT2D eigenvalue weighted by atomic mass is 16.5. The lowest BCUT2D eigenvalue weighted by atomic mass is 10.1. The lowest BCUT2D eigenvalue weighted by Gasteiger charge is -2.17. The van der Waals surface area contributed by atoms with E-state index in [9.17, 15) is 9.59 Å². The number of rotatable bonds is 4. The second-order valence-electron chi connectivity index (χ2n) is 6.96. The number of ether oxygens (including phenoxy) is 1. The first kappa shape index (κ1) is 18.7. The average Bonchev–Trinajstić information content (AvgIpc) is 3.17. The Kier molecular flexibility index (Phi) is 4.99. The number of amides is 2. The van der Waals surface area contributed by atoms with Crippen molar-refractivity contribution in [3.63, 3.8) is 0 Å². The summed E-state index contributed by atoms with van der Waals surface area (Å²) in [6, 6.07) is 15.0. The molecule has 0 atom stereocenters. The van der Waals surface area contributed by atoms with Gasteiger partial charge in [-0.3, -0.25) is 14.6 Å². The van der Waals surface area contributed by atoms with E-state index in [1.54, 1.807) is 24.1 Å². The maximum Gasteiger partial charge on any atom is 0.259 e. The van der Waals surface area contributed by atoms with Gasteiger partial charge in [0.05, 0.1) is 23.9 Å². The van der Waals surface area contributed by atoms with Gasteiger partial charge in [0.2, 0.25) is 0 Å². The molecular weight excluding hydrogens is 366 g/mol. The smallest absolute Gasteiger partial charge is 0.259 e. The Balaban J connectivity index is 1.57. The summed E-state index contributed by atoms with van der Waals surface area (Å²) >= 11 is 0. The predicted octanol–water partition coefficient (Wildman–Crippen LogP) is 3.85. The standard InChI is InChI=1S/C23H21N3O3/c1-15-7-8-21(29-2)19(11-15)25-22(27)17-12-18(14-24-13-17)23(28)26-10-9-16-5-3-4-6-20(16)26/h3-8,11-14H,9-10H2,1-2H3,(H,25,27). The van der Waals surface area contributed by atoms with Gasteiger partial charge in [0.1, 0.15) is 5.75 Å². The maximum atomic E-state index is 13.0. The van der Waals surface area contributed by atoms with E-state index in [-0.39, 0.29) is 11.8 Å². The number of aromatic nitrogens is 1. The Hall–Kier alpha value is -3.67. The van der Waals surface area contributed by atoms with E-state index in [2.05, 4.69) is 10.3 Å². The third-order valence-corrected chi connectivity index (χ3v) is 4.98. The fourth-order valence-corrected chi connectivity index (χ4v) is 3.50. The van der Waals surface area contributed by atoms with Crippen molar-refractivity contribution in [2.75, 3.05) is 23.9 Å². The zero-order valence-corrected chi connectivity index (χ0v) is 16.3. The van der Waals surface area contributed by atoms with Gasteiger partial charge >= 0.3 is 0 Å². The Morgan fingerprint density at radius 3 is 2.69 bits per heavy atom. The lowest BCUT2D eigenvalue weighted by molar-refractivity contribution is 0.0989. The van der Waals surface area contributed by atoms with Gasteiger partial charge in [-0.2, -0.15) is 0 Å². The van der Waals surface area contributed by atoms with Gasteiger partial charge in [-0.15, -0.1) is 0 Å². The van der Waals surface area contributed by atoms with Gasteiger partial charge in [-0.25, -0.2) is 0 Å². The molecule has 4 rings (SSSR count). The van der Waals surface area contributed by atoms with Crippen LogP contribution < -0.4 is 15.0 Å². The molecule has 1 N–H and O–H groups in total. The molecule has 146 valence electrons. The van der Waals surface area contributed by atoms with Crippen molar-refractivity contribution in [2.24, 2.45) is 0 Å². The minimum atomic E-state index is -0.349. The molecule has 1 aliphatic rings. The van der Waals surface area contributed by atoms with Crippen LogP contribution in [-0.2, 0) is 6.42 Å². The molecule has 0 radical (unpaired) electrons. The molecule has 6 heteroatoms. The molecule has 2 amide bonds. The highest BCUT2D eigenvalue weighted by Crippen LogP contribution is 2.29. The topological polar surface area (TPSA) is 71.5 Å². The molecule has 2 aromatic carbocycles. The summed E-state index contributed by atoms with van der Waals surface area (Å²) in [6.07, 6.45) is 3.77. The minimum absolute atomic E-state index is 0.162. The van der Waals surface area contributed by atoms with Crippen LogP contribution in [0.2, 0.25) is 0 Å². The van der Waals surface area contributed by atoms with E-state index in [0.29, 0.717) is 29.1 Å². The SMILES string of the molecule is COc1ccc(C)cc1NC(=O)c1cncc(C(=O)N2CCc3ccccc32)c1. The normalized spacial score (nSPS) is 12.4. The van der Waals surface area contributed by atoms with E-state index in [1.807, 2.05) is 43.3 Å². The fraction of sp³-hybridized carbons (Fsp3) is 0.174. The number of anilines is 2. The molecule has 6 nitrogen and oxygen atoms in total. The molecule has 29 heavy (non-hydrogen) atoms. The summed E-state index contributed by atoms with van der Waals surface area (Å²) < 4.78 is 5.31. The van der Waals surface area contributed by atoms with Gasteiger partial charge in [0.25, 0.3) is 11.8 Å². The van der Waals surface area contributed by atoms with Crippen molar-refractivity contribution in [1.82, 2.24) is 4.98 Å². The van der Waals surface area contributed by atoms with Crippen molar-refractivity contribution in [1.29, 1.82) is 0 Å². The van der Waals surface area contributed by atoms with Crippen LogP contribution in [-0.4, -0.2) is 30.5 Å². The summed E-state index contributed by atoms with van der Waals surface area (Å²) in [5, 5.41) is 2.84. The Morgan fingerprint density at radius 2 is 1.86 bits per heavy atom. The molecule has 0 bridgehead atoms. The molecule has 0 aliphatic carbocycles. The summed E-state index contributed by atoms with van der Waals surface area (Å²) in [5.74, 6) is 0.0564. The molecule has 0 saturated heterocycles. The number of nitrogens with one attached hydrogen (secondary N) is 1. The summed E-state index contributed by atoms with van der Waals surface area (Å²) in [5.41, 5.74) is 4.32. The second kappa shape index (κ2) is 7.75. The quantitative estimate of drug-likeness (QED) is 0.738. The predicted molar refractivity (Wildman–Crippen MR) is 112 cm³/mol. The van der Waals surface area contributed by atoms with Crippen molar-refractivity contribution >= 4 is 23.2 Å². The number of benzene rings is 2. The third-order valence-electron chi connectivity index (χ3n) is 4.98. The molecule has 2 heterocycles. The summed E-state index contributed by atoms with van der Waals surface area (Å²) in [4.78, 5) is 31.6. The molecular formula is C23H21N3O3. The molecule has 0 unspecified atom stereocenters. The van der Waals surface area contributed by atoms with Gasteiger partial charge in [0.15, 0.2) is 0 Å². The van der Waals surface area contributed by atoms with Crippen LogP contribution in [0.3, 0.4) is 0 Å². The van der Waals surface area contributed by atoms with Crippen molar-refractivity contribution in [2.45, 2.75) is 13.3 Å². The maximum absolute atomic E-state index is 13.0. The van der Waals surface area contributed by atoms with E-state index in [4.69, 9.17) is 4.74 Å². The number of hydrogen-bond acceptors (Lipinski definition) is 4. The average molecular weight is 387 g/mol. The van der Waals surface area contributed by atoms with Gasteiger partial charge in [0, 0.05) is 24.6 Å². The van der Waals surface area contributed by atoms with E-state index < -0.39 is 0 Å². The zero-order chi connectivity index (χ0) is 20.4. The second-order valence-corrected chi connectivity index (χ2v) is 6.96. The first-order valence-corrected chi connectivity index (χ1v) is 9.37. The summed E-state index contributed by atoms with van der Waals surface area (Å²) in [6.45, 7) is 2.55. The number of aryl methyl sites for hydroxylation is 1. The number of para-hydroxylation sites is 1. The molecule has 0 saturated carbocycles. The highest BCUT2D eigenvalue weighted by Gasteiger charge is 2.26. The van der Waals surface area contributed by atoms with Crippen LogP contribution in [0, 0.1) is 6.92 Å². The first-order chi connectivity index (χ1) is 14.1. The van der Waals surface area contributed by atoms with Crippen molar-refractivity contribution in [3.8, 4) is 5.75 Å². The van der Waals surface area contributed by atoms with Crippen LogP contribution in [0.4, 0.5) is 11.4 Å². The van der Waals surface area contributed by atoms with Gasteiger partial charge in [-0.1, -0.05) is 24.3 Å².